The summed E-state index contributed by atoms with van der Waals surface area (Å²) in [6, 6.07) is 0.271. The van der Waals surface area contributed by atoms with Crippen molar-refractivity contribution in [2.24, 2.45) is 0 Å². The average molecular weight is 225 g/mol. The molecule has 0 bridgehead atoms. The van der Waals surface area contributed by atoms with Gasteiger partial charge in [0, 0.05) is 19.1 Å². The lowest BCUT2D eigenvalue weighted by molar-refractivity contribution is -0.0708. The molecule has 94 valence electrons. The van der Waals surface area contributed by atoms with Crippen molar-refractivity contribution in [3.8, 4) is 12.3 Å². The largest absolute Gasteiger partial charge is 0.374 e. The highest BCUT2D eigenvalue weighted by Crippen LogP contribution is 2.26. The molecule has 0 radical (unpaired) electrons. The second-order valence-corrected chi connectivity index (χ2v) is 4.12. The van der Waals surface area contributed by atoms with E-state index in [-0.39, 0.29) is 11.6 Å². The summed E-state index contributed by atoms with van der Waals surface area (Å²) in [5.41, 5.74) is -0.101. The molecule has 16 heavy (non-hydrogen) atoms. The first-order valence-electron chi connectivity index (χ1n) is 6.51. The molecule has 0 amide bonds. The highest BCUT2D eigenvalue weighted by atomic mass is 16.5. The molecule has 1 N–H and O–H groups in total. The zero-order valence-corrected chi connectivity index (χ0v) is 11.3. The third-order valence-electron chi connectivity index (χ3n) is 3.23. The number of ether oxygens (including phenoxy) is 1. The molecule has 0 aromatic carbocycles. The lowest BCUT2D eigenvalue weighted by atomic mass is 9.86. The van der Waals surface area contributed by atoms with Gasteiger partial charge in [0.2, 0.25) is 0 Å². The van der Waals surface area contributed by atoms with Crippen LogP contribution in [0.5, 0.6) is 0 Å². The van der Waals surface area contributed by atoms with Crippen molar-refractivity contribution in [1.82, 2.24) is 5.32 Å². The molecule has 0 saturated heterocycles. The molecule has 0 rings (SSSR count). The number of terminal acetylenes is 1. The maximum absolute atomic E-state index is 5.98. The van der Waals surface area contributed by atoms with Gasteiger partial charge < -0.3 is 10.1 Å². The molecule has 0 aromatic heterocycles. The zero-order chi connectivity index (χ0) is 12.4. The molecule has 0 aliphatic carbocycles. The van der Waals surface area contributed by atoms with Gasteiger partial charge in [-0.05, 0) is 32.7 Å². The van der Waals surface area contributed by atoms with E-state index in [0.717, 1.165) is 38.8 Å². The smallest absolute Gasteiger partial charge is 0.0838 e. The highest BCUT2D eigenvalue weighted by molar-refractivity contribution is 5.00. The van der Waals surface area contributed by atoms with Crippen LogP contribution in [0.15, 0.2) is 0 Å². The molecule has 2 heteroatoms. The molecule has 1 atom stereocenters. The van der Waals surface area contributed by atoms with Crippen LogP contribution in [0.25, 0.3) is 0 Å². The molecule has 1 unspecified atom stereocenters. The second-order valence-electron chi connectivity index (χ2n) is 4.12. The molecule has 0 aliphatic rings. The van der Waals surface area contributed by atoms with E-state index in [9.17, 15) is 0 Å². The summed E-state index contributed by atoms with van der Waals surface area (Å²) in [4.78, 5) is 0. The summed E-state index contributed by atoms with van der Waals surface area (Å²) in [7, 11) is 0. The van der Waals surface area contributed by atoms with Gasteiger partial charge in [0.05, 0.1) is 5.60 Å². The van der Waals surface area contributed by atoms with Crippen LogP contribution in [-0.4, -0.2) is 24.8 Å². The predicted molar refractivity (Wildman–Crippen MR) is 70.5 cm³/mol. The van der Waals surface area contributed by atoms with Gasteiger partial charge in [-0.25, -0.2) is 0 Å². The first-order valence-corrected chi connectivity index (χ1v) is 6.51. The molecule has 2 nitrogen and oxygen atoms in total. The number of nitrogens with one attached hydrogen (secondary N) is 1. The topological polar surface area (TPSA) is 21.3 Å². The minimum absolute atomic E-state index is 0.101. The Morgan fingerprint density at radius 3 is 2.25 bits per heavy atom. The fraction of sp³-hybridized carbons (Fsp3) is 0.857. The zero-order valence-electron chi connectivity index (χ0n) is 11.3. The summed E-state index contributed by atoms with van der Waals surface area (Å²) in [6.45, 7) is 10.3. The Morgan fingerprint density at radius 1 is 1.25 bits per heavy atom. The predicted octanol–water partition coefficient (Wildman–Crippen LogP) is 2.97. The van der Waals surface area contributed by atoms with Crippen LogP contribution in [0, 0.1) is 12.3 Å². The van der Waals surface area contributed by atoms with Gasteiger partial charge in [-0.15, -0.1) is 12.3 Å². The third kappa shape index (κ3) is 4.15. The SMILES string of the molecule is C#CCC(NCCC)C(CC)(CC)OCC. The highest BCUT2D eigenvalue weighted by Gasteiger charge is 2.35. The maximum atomic E-state index is 5.98. The van der Waals surface area contributed by atoms with E-state index < -0.39 is 0 Å². The first-order chi connectivity index (χ1) is 7.70. The fourth-order valence-electron chi connectivity index (χ4n) is 2.22. The van der Waals surface area contributed by atoms with Crippen LogP contribution in [0.4, 0.5) is 0 Å². The fourth-order valence-corrected chi connectivity index (χ4v) is 2.22. The van der Waals surface area contributed by atoms with Crippen molar-refractivity contribution in [2.45, 2.75) is 65.0 Å². The van der Waals surface area contributed by atoms with Crippen LogP contribution in [0.1, 0.15) is 53.4 Å². The summed E-state index contributed by atoms with van der Waals surface area (Å²) in [5, 5.41) is 3.53. The van der Waals surface area contributed by atoms with Crippen molar-refractivity contribution in [1.29, 1.82) is 0 Å². The average Bonchev–Trinajstić information content (AvgIpc) is 2.32. The lowest BCUT2D eigenvalue weighted by Gasteiger charge is -2.39. The summed E-state index contributed by atoms with van der Waals surface area (Å²) in [5.74, 6) is 2.77. The van der Waals surface area contributed by atoms with Crippen LogP contribution in [0.2, 0.25) is 0 Å². The lowest BCUT2D eigenvalue weighted by Crippen LogP contribution is -2.52. The Bertz CT molecular complexity index is 203. The van der Waals surface area contributed by atoms with E-state index >= 15 is 0 Å². The van der Waals surface area contributed by atoms with Gasteiger partial charge in [0.25, 0.3) is 0 Å². The van der Waals surface area contributed by atoms with Gasteiger partial charge >= 0.3 is 0 Å². The van der Waals surface area contributed by atoms with E-state index in [1.807, 2.05) is 6.92 Å². The van der Waals surface area contributed by atoms with Crippen LogP contribution < -0.4 is 5.32 Å². The monoisotopic (exact) mass is 225 g/mol. The number of hydrogen-bond donors (Lipinski definition) is 1. The minimum Gasteiger partial charge on any atom is -0.374 e. The minimum atomic E-state index is -0.101. The number of hydrogen-bond acceptors (Lipinski definition) is 2. The molecular formula is C14H27NO. The van der Waals surface area contributed by atoms with Crippen LogP contribution in [-0.2, 0) is 4.74 Å². The van der Waals surface area contributed by atoms with Crippen molar-refractivity contribution in [3.63, 3.8) is 0 Å². The molecule has 0 spiro atoms. The molecule has 0 aromatic rings. The van der Waals surface area contributed by atoms with Crippen LogP contribution >= 0.6 is 0 Å². The third-order valence-corrected chi connectivity index (χ3v) is 3.23. The van der Waals surface area contributed by atoms with Crippen molar-refractivity contribution >= 4 is 0 Å². The van der Waals surface area contributed by atoms with Crippen molar-refractivity contribution in [3.05, 3.63) is 0 Å². The molecular weight excluding hydrogens is 198 g/mol. The summed E-state index contributed by atoms with van der Waals surface area (Å²) < 4.78 is 5.98. The van der Waals surface area contributed by atoms with E-state index in [0.29, 0.717) is 0 Å². The van der Waals surface area contributed by atoms with E-state index in [4.69, 9.17) is 11.2 Å². The Hall–Kier alpha value is -0.520. The van der Waals surface area contributed by atoms with E-state index in [2.05, 4.69) is 32.0 Å². The maximum Gasteiger partial charge on any atom is 0.0838 e. The number of rotatable bonds is 9. The van der Waals surface area contributed by atoms with E-state index in [1.165, 1.54) is 0 Å². The van der Waals surface area contributed by atoms with Gasteiger partial charge in [-0.2, -0.15) is 0 Å². The second kappa shape index (κ2) is 8.61. The first kappa shape index (κ1) is 15.5. The Morgan fingerprint density at radius 2 is 1.88 bits per heavy atom. The van der Waals surface area contributed by atoms with Crippen molar-refractivity contribution < 1.29 is 4.74 Å². The Labute approximate surface area is 101 Å². The van der Waals surface area contributed by atoms with Gasteiger partial charge in [-0.3, -0.25) is 0 Å². The molecule has 0 heterocycles. The van der Waals surface area contributed by atoms with Crippen LogP contribution in [0.3, 0.4) is 0 Å². The Kier molecular flexibility index (Phi) is 8.33. The Balaban J connectivity index is 4.70. The molecule has 0 aliphatic heterocycles. The van der Waals surface area contributed by atoms with E-state index in [1.54, 1.807) is 0 Å². The molecule has 0 saturated carbocycles. The quantitative estimate of drug-likeness (QED) is 0.609. The van der Waals surface area contributed by atoms with Crippen molar-refractivity contribution in [2.75, 3.05) is 13.2 Å². The summed E-state index contributed by atoms with van der Waals surface area (Å²) >= 11 is 0. The normalized spacial score (nSPS) is 13.4. The van der Waals surface area contributed by atoms with Gasteiger partial charge in [-0.1, -0.05) is 20.8 Å². The van der Waals surface area contributed by atoms with Gasteiger partial charge in [0.15, 0.2) is 0 Å². The standard InChI is InChI=1S/C14H27NO/c1-6-11-13(15-12-7-2)14(8-3,9-4)16-10-5/h1,13,15H,7-12H2,2-5H3. The summed E-state index contributed by atoms with van der Waals surface area (Å²) in [6.07, 6.45) is 9.32. The van der Waals surface area contributed by atoms with Gasteiger partial charge in [0.1, 0.15) is 0 Å². The molecule has 0 fully saturated rings.